The average molecular weight is 346 g/mol. The summed E-state index contributed by atoms with van der Waals surface area (Å²) in [6.45, 7) is 1.22. The second-order valence-electron chi connectivity index (χ2n) is 5.10. The van der Waals surface area contributed by atoms with E-state index in [0.29, 0.717) is 29.6 Å². The maximum absolute atomic E-state index is 11.4. The third kappa shape index (κ3) is 5.28. The van der Waals surface area contributed by atoms with Gasteiger partial charge in [-0.3, -0.25) is 4.99 Å². The van der Waals surface area contributed by atoms with Gasteiger partial charge in [0.15, 0.2) is 5.96 Å². The second-order valence-corrected chi connectivity index (χ2v) is 5.53. The summed E-state index contributed by atoms with van der Waals surface area (Å²) in [6, 6.07) is 14.9. The number of nitrogens with zero attached hydrogens (tertiary/aromatic N) is 1. The zero-order chi connectivity index (χ0) is 17.4. The van der Waals surface area contributed by atoms with E-state index in [9.17, 15) is 4.79 Å². The van der Waals surface area contributed by atoms with Crippen molar-refractivity contribution in [3.05, 3.63) is 70.2 Å². The van der Waals surface area contributed by atoms with Gasteiger partial charge in [-0.15, -0.1) is 0 Å². The zero-order valence-electron chi connectivity index (χ0n) is 13.7. The molecule has 0 amide bonds. The molecule has 126 valence electrons. The van der Waals surface area contributed by atoms with E-state index >= 15 is 0 Å². The van der Waals surface area contributed by atoms with Gasteiger partial charge in [-0.2, -0.15) is 0 Å². The molecule has 2 N–H and O–H groups in total. The summed E-state index contributed by atoms with van der Waals surface area (Å²) >= 11 is 5.97. The van der Waals surface area contributed by atoms with Crippen LogP contribution in [0, 0.1) is 0 Å². The number of ether oxygens (including phenoxy) is 1. The molecule has 2 rings (SSSR count). The van der Waals surface area contributed by atoms with Crippen molar-refractivity contribution in [2.45, 2.75) is 13.1 Å². The molecule has 2 aromatic carbocycles. The molecule has 0 saturated heterocycles. The van der Waals surface area contributed by atoms with Gasteiger partial charge in [0.05, 0.1) is 12.7 Å². The lowest BCUT2D eigenvalue weighted by Crippen LogP contribution is -2.36. The first-order valence-electron chi connectivity index (χ1n) is 7.48. The van der Waals surface area contributed by atoms with E-state index in [1.807, 2.05) is 36.4 Å². The average Bonchev–Trinajstić information content (AvgIpc) is 2.61. The number of aliphatic imine (C=N–C) groups is 1. The molecule has 6 heteroatoms. The molecule has 0 aliphatic rings. The maximum atomic E-state index is 11.4. The van der Waals surface area contributed by atoms with Crippen LogP contribution in [0.2, 0.25) is 5.02 Å². The predicted octanol–water partition coefficient (Wildman–Crippen LogP) is 2.99. The van der Waals surface area contributed by atoms with E-state index in [0.717, 1.165) is 11.1 Å². The highest BCUT2D eigenvalue weighted by atomic mass is 35.5. The van der Waals surface area contributed by atoms with Gasteiger partial charge < -0.3 is 15.4 Å². The van der Waals surface area contributed by atoms with Crippen LogP contribution in [-0.2, 0) is 17.8 Å². The number of carbonyl (C=O) groups excluding carboxylic acids is 1. The van der Waals surface area contributed by atoms with Gasteiger partial charge in [0.2, 0.25) is 0 Å². The lowest BCUT2D eigenvalue weighted by Gasteiger charge is -2.12. The van der Waals surface area contributed by atoms with Crippen LogP contribution in [0.25, 0.3) is 0 Å². The molecule has 0 atom stereocenters. The van der Waals surface area contributed by atoms with Gasteiger partial charge in [0.1, 0.15) is 0 Å². The number of benzene rings is 2. The van der Waals surface area contributed by atoms with E-state index in [4.69, 9.17) is 11.6 Å². The molecular formula is C18H20ClN3O2. The number of hydrogen-bond donors (Lipinski definition) is 2. The Hall–Kier alpha value is -2.53. The summed E-state index contributed by atoms with van der Waals surface area (Å²) in [5.74, 6) is 0.348. The topological polar surface area (TPSA) is 62.7 Å². The molecule has 0 bridgehead atoms. The lowest BCUT2D eigenvalue weighted by molar-refractivity contribution is 0.0600. The van der Waals surface area contributed by atoms with Gasteiger partial charge in [-0.05, 0) is 35.4 Å². The third-order valence-corrected chi connectivity index (χ3v) is 3.64. The molecule has 0 aliphatic carbocycles. The predicted molar refractivity (Wildman–Crippen MR) is 96.3 cm³/mol. The van der Waals surface area contributed by atoms with Crippen molar-refractivity contribution in [3.63, 3.8) is 0 Å². The highest BCUT2D eigenvalue weighted by Crippen LogP contribution is 2.10. The van der Waals surface area contributed by atoms with E-state index in [1.54, 1.807) is 19.2 Å². The normalized spacial score (nSPS) is 11.0. The summed E-state index contributed by atoms with van der Waals surface area (Å²) in [6.07, 6.45) is 0. The summed E-state index contributed by atoms with van der Waals surface area (Å²) in [5.41, 5.74) is 2.64. The van der Waals surface area contributed by atoms with Crippen LogP contribution in [-0.4, -0.2) is 26.1 Å². The first-order valence-corrected chi connectivity index (χ1v) is 7.86. The molecule has 0 spiro atoms. The quantitative estimate of drug-likeness (QED) is 0.497. The van der Waals surface area contributed by atoms with Gasteiger partial charge in [-0.1, -0.05) is 35.9 Å². The van der Waals surface area contributed by atoms with Crippen LogP contribution < -0.4 is 10.6 Å². The smallest absolute Gasteiger partial charge is 0.337 e. The van der Waals surface area contributed by atoms with E-state index in [1.165, 1.54) is 7.11 Å². The monoisotopic (exact) mass is 345 g/mol. The Kier molecular flexibility index (Phi) is 6.63. The number of hydrogen-bond acceptors (Lipinski definition) is 3. The van der Waals surface area contributed by atoms with Crippen molar-refractivity contribution in [3.8, 4) is 0 Å². The fourth-order valence-electron chi connectivity index (χ4n) is 2.12. The number of carbonyl (C=O) groups is 1. The van der Waals surface area contributed by atoms with Crippen molar-refractivity contribution >= 4 is 23.5 Å². The summed E-state index contributed by atoms with van der Waals surface area (Å²) < 4.78 is 4.68. The summed E-state index contributed by atoms with van der Waals surface area (Å²) in [7, 11) is 3.08. The molecule has 0 aromatic heterocycles. The lowest BCUT2D eigenvalue weighted by atomic mass is 10.1. The van der Waals surface area contributed by atoms with Crippen molar-refractivity contribution in [1.82, 2.24) is 10.6 Å². The van der Waals surface area contributed by atoms with Crippen molar-refractivity contribution in [2.75, 3.05) is 14.2 Å². The summed E-state index contributed by atoms with van der Waals surface area (Å²) in [5, 5.41) is 7.16. The number of esters is 1. The minimum absolute atomic E-state index is 0.339. The summed E-state index contributed by atoms with van der Waals surface area (Å²) in [4.78, 5) is 15.6. The fourth-order valence-corrected chi connectivity index (χ4v) is 2.33. The Balaban J connectivity index is 1.86. The van der Waals surface area contributed by atoms with Crippen molar-refractivity contribution in [2.24, 2.45) is 4.99 Å². The first-order chi connectivity index (χ1) is 11.6. The van der Waals surface area contributed by atoms with Gasteiger partial charge in [-0.25, -0.2) is 4.79 Å². The number of halogens is 1. The molecule has 0 aliphatic heterocycles. The Labute approximate surface area is 146 Å². The Morgan fingerprint density at radius 2 is 1.75 bits per heavy atom. The van der Waals surface area contributed by atoms with Crippen LogP contribution in [0.1, 0.15) is 21.5 Å². The molecule has 0 radical (unpaired) electrons. The zero-order valence-corrected chi connectivity index (χ0v) is 14.4. The first kappa shape index (κ1) is 17.8. The Bertz CT molecular complexity index is 714. The van der Waals surface area contributed by atoms with Crippen LogP contribution in [0.5, 0.6) is 0 Å². The van der Waals surface area contributed by atoms with Crippen LogP contribution in [0.4, 0.5) is 0 Å². The van der Waals surface area contributed by atoms with E-state index < -0.39 is 0 Å². The molecule has 0 unspecified atom stereocenters. The highest BCUT2D eigenvalue weighted by Gasteiger charge is 2.05. The number of methoxy groups -OCH3 is 1. The van der Waals surface area contributed by atoms with E-state index in [2.05, 4.69) is 20.4 Å². The number of nitrogens with one attached hydrogen (secondary N) is 2. The molecular weight excluding hydrogens is 326 g/mol. The van der Waals surface area contributed by atoms with Crippen molar-refractivity contribution < 1.29 is 9.53 Å². The maximum Gasteiger partial charge on any atom is 0.337 e. The Morgan fingerprint density at radius 3 is 2.33 bits per heavy atom. The molecule has 0 saturated carbocycles. The van der Waals surface area contributed by atoms with Crippen molar-refractivity contribution in [1.29, 1.82) is 0 Å². The number of guanidine groups is 1. The molecule has 0 fully saturated rings. The highest BCUT2D eigenvalue weighted by molar-refractivity contribution is 6.30. The molecule has 5 nitrogen and oxygen atoms in total. The molecule has 2 aromatic rings. The minimum atomic E-state index is -0.339. The van der Waals surface area contributed by atoms with Gasteiger partial charge in [0.25, 0.3) is 0 Å². The fraction of sp³-hybridized carbons (Fsp3) is 0.222. The molecule has 24 heavy (non-hydrogen) atoms. The Morgan fingerprint density at radius 1 is 1.08 bits per heavy atom. The standard InChI is InChI=1S/C18H20ClN3O2/c1-20-18(22-12-14-4-3-5-16(19)10-14)21-11-13-6-8-15(9-7-13)17(23)24-2/h3-10H,11-12H2,1-2H3,(H2,20,21,22). The largest absolute Gasteiger partial charge is 0.465 e. The van der Waals surface area contributed by atoms with Crippen LogP contribution in [0.3, 0.4) is 0 Å². The third-order valence-electron chi connectivity index (χ3n) is 3.41. The van der Waals surface area contributed by atoms with Crippen LogP contribution >= 0.6 is 11.6 Å². The number of rotatable bonds is 5. The van der Waals surface area contributed by atoms with Gasteiger partial charge >= 0.3 is 5.97 Å². The minimum Gasteiger partial charge on any atom is -0.465 e. The second kappa shape index (κ2) is 8.93. The van der Waals surface area contributed by atoms with E-state index in [-0.39, 0.29) is 5.97 Å². The van der Waals surface area contributed by atoms with Crippen LogP contribution in [0.15, 0.2) is 53.5 Å². The molecule has 0 heterocycles. The SMILES string of the molecule is CN=C(NCc1ccc(C(=O)OC)cc1)NCc1cccc(Cl)c1. The van der Waals surface area contributed by atoms with Gasteiger partial charge in [0, 0.05) is 25.2 Å².